The van der Waals surface area contributed by atoms with Gasteiger partial charge in [-0.1, -0.05) is 13.8 Å². The molecule has 0 aliphatic carbocycles. The van der Waals surface area contributed by atoms with Gasteiger partial charge in [0.05, 0.1) is 0 Å². The normalized spacial score (nSPS) is 22.4. The Hall–Kier alpha value is -0.610. The van der Waals surface area contributed by atoms with Gasteiger partial charge in [-0.15, -0.1) is 0 Å². The number of nitrogens with zero attached hydrogens (tertiary/aromatic N) is 1. The van der Waals surface area contributed by atoms with E-state index in [1.54, 1.807) is 0 Å². The summed E-state index contributed by atoms with van der Waals surface area (Å²) in [5.74, 6) is 0.850. The van der Waals surface area contributed by atoms with Crippen molar-refractivity contribution in [2.75, 3.05) is 32.7 Å². The summed E-state index contributed by atoms with van der Waals surface area (Å²) >= 11 is 0. The third-order valence-corrected chi connectivity index (χ3v) is 3.14. The minimum absolute atomic E-state index is 0.0868. The van der Waals surface area contributed by atoms with Crippen molar-refractivity contribution in [3.8, 4) is 0 Å². The van der Waals surface area contributed by atoms with Crippen LogP contribution in [0, 0.1) is 11.8 Å². The number of likely N-dealkylation sites (tertiary alicyclic amines) is 1. The first-order chi connectivity index (χ1) is 7.63. The van der Waals surface area contributed by atoms with Gasteiger partial charge in [-0.3, -0.25) is 4.79 Å². The minimum Gasteiger partial charge on any atom is -0.356 e. The van der Waals surface area contributed by atoms with Crippen molar-refractivity contribution in [3.05, 3.63) is 0 Å². The number of carbonyl (C=O) groups excluding carboxylic acids is 1. The van der Waals surface area contributed by atoms with E-state index < -0.39 is 0 Å². The maximum atomic E-state index is 11.4. The van der Waals surface area contributed by atoms with E-state index in [-0.39, 0.29) is 11.8 Å². The van der Waals surface area contributed by atoms with E-state index in [9.17, 15) is 4.79 Å². The molecule has 1 atom stereocenters. The Morgan fingerprint density at radius 3 is 2.94 bits per heavy atom. The molecule has 4 heteroatoms. The number of hydrogen-bond donors (Lipinski definition) is 2. The molecule has 0 aromatic rings. The van der Waals surface area contributed by atoms with Gasteiger partial charge in [0, 0.05) is 32.1 Å². The molecule has 1 saturated heterocycles. The Bertz CT molecular complexity index is 216. The summed E-state index contributed by atoms with van der Waals surface area (Å²) in [4.78, 5) is 13.8. The quantitative estimate of drug-likeness (QED) is 0.716. The highest BCUT2D eigenvalue weighted by molar-refractivity contribution is 5.77. The molecule has 0 bridgehead atoms. The lowest BCUT2D eigenvalue weighted by Gasteiger charge is -2.32. The zero-order valence-corrected chi connectivity index (χ0v) is 10.5. The number of amides is 1. The summed E-state index contributed by atoms with van der Waals surface area (Å²) in [7, 11) is 0. The van der Waals surface area contributed by atoms with E-state index in [0.717, 1.165) is 32.7 Å². The first kappa shape index (κ1) is 13.5. The SMILES string of the molecule is CC(C)C(=O)NCC1CCCN(CCN)C1. The highest BCUT2D eigenvalue weighted by atomic mass is 16.1. The van der Waals surface area contributed by atoms with E-state index >= 15 is 0 Å². The molecular formula is C12H25N3O. The molecule has 1 heterocycles. The molecule has 1 unspecified atom stereocenters. The number of hydrogen-bond acceptors (Lipinski definition) is 3. The van der Waals surface area contributed by atoms with Gasteiger partial charge in [-0.2, -0.15) is 0 Å². The van der Waals surface area contributed by atoms with Crippen LogP contribution in [0.5, 0.6) is 0 Å². The average Bonchev–Trinajstić information content (AvgIpc) is 2.26. The Morgan fingerprint density at radius 2 is 2.31 bits per heavy atom. The van der Waals surface area contributed by atoms with Crippen LogP contribution in [0.15, 0.2) is 0 Å². The van der Waals surface area contributed by atoms with Crippen molar-refractivity contribution in [2.45, 2.75) is 26.7 Å². The first-order valence-electron chi connectivity index (χ1n) is 6.33. The summed E-state index contributed by atoms with van der Waals surface area (Å²) < 4.78 is 0. The molecule has 1 aliphatic heterocycles. The van der Waals surface area contributed by atoms with Crippen molar-refractivity contribution in [2.24, 2.45) is 17.6 Å². The highest BCUT2D eigenvalue weighted by Crippen LogP contribution is 2.15. The number of rotatable bonds is 5. The number of nitrogens with two attached hydrogens (primary N) is 1. The van der Waals surface area contributed by atoms with Crippen LogP contribution in [0.25, 0.3) is 0 Å². The van der Waals surface area contributed by atoms with E-state index in [2.05, 4.69) is 10.2 Å². The van der Waals surface area contributed by atoms with Gasteiger partial charge in [-0.05, 0) is 25.3 Å². The van der Waals surface area contributed by atoms with Gasteiger partial charge in [0.1, 0.15) is 0 Å². The van der Waals surface area contributed by atoms with E-state index in [1.165, 1.54) is 12.8 Å². The second kappa shape index (κ2) is 6.86. The van der Waals surface area contributed by atoms with Crippen LogP contribution in [0.4, 0.5) is 0 Å². The van der Waals surface area contributed by atoms with Gasteiger partial charge in [-0.25, -0.2) is 0 Å². The van der Waals surface area contributed by atoms with Crippen molar-refractivity contribution in [1.29, 1.82) is 0 Å². The molecular weight excluding hydrogens is 202 g/mol. The number of piperidine rings is 1. The fourth-order valence-electron chi connectivity index (χ4n) is 2.15. The predicted molar refractivity (Wildman–Crippen MR) is 66.1 cm³/mol. The topological polar surface area (TPSA) is 58.4 Å². The molecule has 0 spiro atoms. The molecule has 1 amide bonds. The molecule has 1 rings (SSSR count). The molecule has 0 aromatic heterocycles. The largest absolute Gasteiger partial charge is 0.356 e. The van der Waals surface area contributed by atoms with E-state index in [0.29, 0.717) is 5.92 Å². The van der Waals surface area contributed by atoms with Crippen molar-refractivity contribution in [3.63, 3.8) is 0 Å². The van der Waals surface area contributed by atoms with Crippen LogP contribution >= 0.6 is 0 Å². The lowest BCUT2D eigenvalue weighted by molar-refractivity contribution is -0.124. The molecule has 0 radical (unpaired) electrons. The monoisotopic (exact) mass is 227 g/mol. The summed E-state index contributed by atoms with van der Waals surface area (Å²) in [6, 6.07) is 0. The molecule has 0 saturated carbocycles. The standard InChI is InChI=1S/C12H25N3O/c1-10(2)12(16)14-8-11-4-3-6-15(9-11)7-5-13/h10-11H,3-9,13H2,1-2H3,(H,14,16). The molecule has 1 aliphatic rings. The van der Waals surface area contributed by atoms with Crippen LogP contribution < -0.4 is 11.1 Å². The Kier molecular flexibility index (Phi) is 5.77. The lowest BCUT2D eigenvalue weighted by atomic mass is 9.98. The van der Waals surface area contributed by atoms with Gasteiger partial charge < -0.3 is 16.0 Å². The lowest BCUT2D eigenvalue weighted by Crippen LogP contribution is -2.43. The summed E-state index contributed by atoms with van der Waals surface area (Å²) in [6.07, 6.45) is 2.45. The number of carbonyl (C=O) groups is 1. The van der Waals surface area contributed by atoms with Crippen molar-refractivity contribution >= 4 is 5.91 Å². The average molecular weight is 227 g/mol. The van der Waals surface area contributed by atoms with Gasteiger partial charge in [0.15, 0.2) is 0 Å². The van der Waals surface area contributed by atoms with Crippen LogP contribution in [0.2, 0.25) is 0 Å². The van der Waals surface area contributed by atoms with Crippen LogP contribution in [0.3, 0.4) is 0 Å². The molecule has 16 heavy (non-hydrogen) atoms. The molecule has 94 valence electrons. The Balaban J connectivity index is 2.24. The third kappa shape index (κ3) is 4.49. The fraction of sp³-hybridized carbons (Fsp3) is 0.917. The van der Waals surface area contributed by atoms with Crippen molar-refractivity contribution < 1.29 is 4.79 Å². The Labute approximate surface area is 98.6 Å². The predicted octanol–water partition coefficient (Wildman–Crippen LogP) is 0.429. The number of nitrogens with one attached hydrogen (secondary N) is 1. The smallest absolute Gasteiger partial charge is 0.222 e. The third-order valence-electron chi connectivity index (χ3n) is 3.14. The van der Waals surface area contributed by atoms with Crippen LogP contribution in [-0.2, 0) is 4.79 Å². The Morgan fingerprint density at radius 1 is 1.56 bits per heavy atom. The zero-order valence-electron chi connectivity index (χ0n) is 10.5. The molecule has 4 nitrogen and oxygen atoms in total. The maximum absolute atomic E-state index is 11.4. The summed E-state index contributed by atoms with van der Waals surface area (Å²) in [5.41, 5.74) is 5.56. The molecule has 3 N–H and O–H groups in total. The van der Waals surface area contributed by atoms with Crippen LogP contribution in [-0.4, -0.2) is 43.5 Å². The highest BCUT2D eigenvalue weighted by Gasteiger charge is 2.20. The van der Waals surface area contributed by atoms with Crippen molar-refractivity contribution in [1.82, 2.24) is 10.2 Å². The van der Waals surface area contributed by atoms with Gasteiger partial charge in [0.25, 0.3) is 0 Å². The second-order valence-electron chi connectivity index (χ2n) is 5.00. The fourth-order valence-corrected chi connectivity index (χ4v) is 2.15. The zero-order chi connectivity index (χ0) is 12.0. The summed E-state index contributed by atoms with van der Waals surface area (Å²) in [5, 5.41) is 3.02. The minimum atomic E-state index is 0.0868. The molecule has 0 aromatic carbocycles. The van der Waals surface area contributed by atoms with E-state index in [1.807, 2.05) is 13.8 Å². The second-order valence-corrected chi connectivity index (χ2v) is 5.00. The first-order valence-corrected chi connectivity index (χ1v) is 6.33. The van der Waals surface area contributed by atoms with Gasteiger partial charge in [0.2, 0.25) is 5.91 Å². The maximum Gasteiger partial charge on any atom is 0.222 e. The van der Waals surface area contributed by atoms with E-state index in [4.69, 9.17) is 5.73 Å². The van der Waals surface area contributed by atoms with Gasteiger partial charge >= 0.3 is 0 Å². The summed E-state index contributed by atoms with van der Waals surface area (Å²) in [6.45, 7) is 8.62. The van der Waals surface area contributed by atoms with Crippen LogP contribution in [0.1, 0.15) is 26.7 Å². The molecule has 1 fully saturated rings.